The minimum atomic E-state index is -0.107. The molecule has 130 valence electrons. The minimum absolute atomic E-state index is 0. The first kappa shape index (κ1) is 19.7. The molecule has 4 N–H and O–H groups in total. The summed E-state index contributed by atoms with van der Waals surface area (Å²) < 4.78 is 0. The SMILES string of the molecule is CCCc1c(C(=O)NC2CCCC2CN)[nH]c(C)c1C(C)=O.Cl. The Kier molecular flexibility index (Phi) is 7.29. The molecule has 0 radical (unpaired) electrons. The van der Waals surface area contributed by atoms with E-state index >= 15 is 0 Å². The third kappa shape index (κ3) is 4.15. The predicted molar refractivity (Wildman–Crippen MR) is 94.4 cm³/mol. The highest BCUT2D eigenvalue weighted by atomic mass is 35.5. The van der Waals surface area contributed by atoms with Crippen molar-refractivity contribution in [1.29, 1.82) is 0 Å². The lowest BCUT2D eigenvalue weighted by atomic mass is 10.00. The van der Waals surface area contributed by atoms with Crippen LogP contribution in [0.25, 0.3) is 0 Å². The van der Waals surface area contributed by atoms with Crippen LogP contribution in [0.1, 0.15) is 71.6 Å². The zero-order valence-corrected chi connectivity index (χ0v) is 15.0. The molecule has 1 fully saturated rings. The van der Waals surface area contributed by atoms with Gasteiger partial charge in [0.15, 0.2) is 5.78 Å². The molecule has 2 unspecified atom stereocenters. The van der Waals surface area contributed by atoms with Crippen molar-refractivity contribution in [3.63, 3.8) is 0 Å². The van der Waals surface area contributed by atoms with Crippen LogP contribution in [-0.2, 0) is 6.42 Å². The molecule has 23 heavy (non-hydrogen) atoms. The number of hydrogen-bond acceptors (Lipinski definition) is 3. The van der Waals surface area contributed by atoms with E-state index in [1.54, 1.807) is 6.92 Å². The Labute approximate surface area is 144 Å². The summed E-state index contributed by atoms with van der Waals surface area (Å²) in [5.74, 6) is 0.267. The minimum Gasteiger partial charge on any atom is -0.354 e. The van der Waals surface area contributed by atoms with Crippen molar-refractivity contribution in [1.82, 2.24) is 10.3 Å². The third-order valence-electron chi connectivity index (χ3n) is 4.65. The lowest BCUT2D eigenvalue weighted by Crippen LogP contribution is -2.40. The van der Waals surface area contributed by atoms with E-state index in [1.807, 2.05) is 6.92 Å². The van der Waals surface area contributed by atoms with Crippen LogP contribution in [0.3, 0.4) is 0 Å². The zero-order valence-electron chi connectivity index (χ0n) is 14.2. The Hall–Kier alpha value is -1.33. The fourth-order valence-corrected chi connectivity index (χ4v) is 3.60. The zero-order chi connectivity index (χ0) is 16.3. The first-order chi connectivity index (χ1) is 10.5. The number of halogens is 1. The van der Waals surface area contributed by atoms with Crippen LogP contribution in [0, 0.1) is 12.8 Å². The average molecular weight is 342 g/mol. The van der Waals surface area contributed by atoms with Gasteiger partial charge in [-0.05, 0) is 51.1 Å². The van der Waals surface area contributed by atoms with Crippen molar-refractivity contribution in [2.24, 2.45) is 11.7 Å². The van der Waals surface area contributed by atoms with Gasteiger partial charge in [0.2, 0.25) is 0 Å². The Morgan fingerprint density at radius 2 is 2.04 bits per heavy atom. The highest BCUT2D eigenvalue weighted by Gasteiger charge is 2.29. The van der Waals surface area contributed by atoms with E-state index in [0.29, 0.717) is 23.7 Å². The molecule has 0 spiro atoms. The Bertz CT molecular complexity index is 568. The van der Waals surface area contributed by atoms with Gasteiger partial charge < -0.3 is 16.0 Å². The lowest BCUT2D eigenvalue weighted by Gasteiger charge is -2.19. The number of Topliss-reactive ketones (excluding diaryl/α,β-unsaturated/α-hetero) is 1. The summed E-state index contributed by atoms with van der Waals surface area (Å²) in [5.41, 5.74) is 8.64. The number of nitrogens with two attached hydrogens (primary N) is 1. The second kappa shape index (κ2) is 8.50. The van der Waals surface area contributed by atoms with Gasteiger partial charge in [-0.25, -0.2) is 0 Å². The van der Waals surface area contributed by atoms with Crippen molar-refractivity contribution >= 4 is 24.1 Å². The summed E-state index contributed by atoms with van der Waals surface area (Å²) in [6.07, 6.45) is 4.79. The van der Waals surface area contributed by atoms with Crippen LogP contribution in [0.4, 0.5) is 0 Å². The molecule has 1 aromatic rings. The van der Waals surface area contributed by atoms with Crippen LogP contribution >= 0.6 is 12.4 Å². The molecule has 1 aliphatic carbocycles. The summed E-state index contributed by atoms with van der Waals surface area (Å²) in [7, 11) is 0. The highest BCUT2D eigenvalue weighted by molar-refractivity contribution is 6.02. The van der Waals surface area contributed by atoms with Gasteiger partial charge in [-0.1, -0.05) is 19.8 Å². The molecule has 0 bridgehead atoms. The highest BCUT2D eigenvalue weighted by Crippen LogP contribution is 2.26. The quantitative estimate of drug-likeness (QED) is 0.695. The van der Waals surface area contributed by atoms with Crippen molar-refractivity contribution in [3.05, 3.63) is 22.5 Å². The summed E-state index contributed by atoms with van der Waals surface area (Å²) in [5, 5.41) is 3.11. The fourth-order valence-electron chi connectivity index (χ4n) is 3.60. The predicted octanol–water partition coefficient (Wildman–Crippen LogP) is 2.76. The van der Waals surface area contributed by atoms with Crippen molar-refractivity contribution in [2.75, 3.05) is 6.54 Å². The summed E-state index contributed by atoms with van der Waals surface area (Å²) in [6.45, 7) is 6.06. The molecule has 1 heterocycles. The number of aromatic nitrogens is 1. The number of carbonyl (C=O) groups is 2. The molecule has 0 aromatic carbocycles. The van der Waals surface area contributed by atoms with Crippen molar-refractivity contribution < 1.29 is 9.59 Å². The smallest absolute Gasteiger partial charge is 0.268 e. The number of aromatic amines is 1. The number of rotatable bonds is 6. The second-order valence-corrected chi connectivity index (χ2v) is 6.29. The van der Waals surface area contributed by atoms with Gasteiger partial charge in [-0.2, -0.15) is 0 Å². The molecule has 0 saturated heterocycles. The molecular formula is C17H28ClN3O2. The number of aryl methyl sites for hydroxylation is 1. The molecule has 2 rings (SSSR count). The number of H-pyrrole nitrogens is 1. The number of hydrogen-bond donors (Lipinski definition) is 3. The molecule has 0 aliphatic heterocycles. The Balaban J connectivity index is 0.00000264. The molecule has 1 aliphatic rings. The van der Waals surface area contributed by atoms with Gasteiger partial charge in [-0.15, -0.1) is 12.4 Å². The van der Waals surface area contributed by atoms with Crippen LogP contribution < -0.4 is 11.1 Å². The number of amides is 1. The van der Waals surface area contributed by atoms with E-state index in [2.05, 4.69) is 17.2 Å². The lowest BCUT2D eigenvalue weighted by molar-refractivity contribution is 0.0923. The van der Waals surface area contributed by atoms with Crippen LogP contribution in [0.15, 0.2) is 0 Å². The molecule has 1 aromatic heterocycles. The van der Waals surface area contributed by atoms with Crippen molar-refractivity contribution in [3.8, 4) is 0 Å². The van der Waals surface area contributed by atoms with Gasteiger partial charge in [0, 0.05) is 17.3 Å². The van der Waals surface area contributed by atoms with Gasteiger partial charge in [-0.3, -0.25) is 9.59 Å². The van der Waals surface area contributed by atoms with E-state index in [1.165, 1.54) is 0 Å². The molecule has 6 heteroatoms. The van der Waals surface area contributed by atoms with Gasteiger partial charge in [0.25, 0.3) is 5.91 Å². The van der Waals surface area contributed by atoms with Crippen LogP contribution in [0.5, 0.6) is 0 Å². The fraction of sp³-hybridized carbons (Fsp3) is 0.647. The number of nitrogens with one attached hydrogen (secondary N) is 2. The summed E-state index contributed by atoms with van der Waals surface area (Å²) in [6, 6.07) is 0.149. The van der Waals surface area contributed by atoms with Gasteiger partial charge in [0.05, 0.1) is 0 Å². The van der Waals surface area contributed by atoms with Crippen LogP contribution in [-0.4, -0.2) is 29.3 Å². The van der Waals surface area contributed by atoms with Crippen LogP contribution in [0.2, 0.25) is 0 Å². The first-order valence-corrected chi connectivity index (χ1v) is 8.22. The third-order valence-corrected chi connectivity index (χ3v) is 4.65. The maximum absolute atomic E-state index is 12.7. The average Bonchev–Trinajstić information content (AvgIpc) is 3.03. The normalized spacial score (nSPS) is 20.2. The number of ketones is 1. The van der Waals surface area contributed by atoms with Gasteiger partial charge >= 0.3 is 0 Å². The molecular weight excluding hydrogens is 314 g/mol. The van der Waals surface area contributed by atoms with E-state index < -0.39 is 0 Å². The first-order valence-electron chi connectivity index (χ1n) is 8.22. The maximum Gasteiger partial charge on any atom is 0.268 e. The number of carbonyl (C=O) groups excluding carboxylic acids is 2. The molecule has 1 amide bonds. The molecule has 5 nitrogen and oxygen atoms in total. The Morgan fingerprint density at radius 3 is 2.61 bits per heavy atom. The summed E-state index contributed by atoms with van der Waals surface area (Å²) in [4.78, 5) is 27.6. The molecule has 1 saturated carbocycles. The van der Waals surface area contributed by atoms with E-state index in [4.69, 9.17) is 5.73 Å². The topological polar surface area (TPSA) is 88.0 Å². The largest absolute Gasteiger partial charge is 0.354 e. The van der Waals surface area contributed by atoms with E-state index in [-0.39, 0.29) is 30.1 Å². The summed E-state index contributed by atoms with van der Waals surface area (Å²) >= 11 is 0. The molecule has 2 atom stereocenters. The standard InChI is InChI=1S/C17H27N3O2.ClH/c1-4-6-13-15(11(3)21)10(2)19-16(13)17(22)20-14-8-5-7-12(14)9-18;/h12,14,19H,4-9,18H2,1-3H3,(H,20,22);1H. The van der Waals surface area contributed by atoms with E-state index in [0.717, 1.165) is 43.4 Å². The monoisotopic (exact) mass is 341 g/mol. The Morgan fingerprint density at radius 1 is 1.35 bits per heavy atom. The van der Waals surface area contributed by atoms with Crippen molar-refractivity contribution in [2.45, 2.75) is 58.9 Å². The van der Waals surface area contributed by atoms with E-state index in [9.17, 15) is 9.59 Å². The van der Waals surface area contributed by atoms with Gasteiger partial charge in [0.1, 0.15) is 5.69 Å². The second-order valence-electron chi connectivity index (χ2n) is 6.29. The maximum atomic E-state index is 12.7.